The number of non-ortho nitro benzene ring substituents is 1. The summed E-state index contributed by atoms with van der Waals surface area (Å²) in [6.45, 7) is 3.75. The number of aryl methyl sites for hydroxylation is 2. The minimum absolute atomic E-state index is 0.0639. The summed E-state index contributed by atoms with van der Waals surface area (Å²) in [7, 11) is 0. The summed E-state index contributed by atoms with van der Waals surface area (Å²) >= 11 is 0. The first-order valence-corrected chi connectivity index (χ1v) is 9.39. The minimum atomic E-state index is -0.476. The molecule has 150 valence electrons. The SMILES string of the molecule is CCc1ccccc1NC(=O)c1cc(-c2cccc([N+](=O)[O-])c2)nc2onc(C)c12. The average molecular weight is 402 g/mol. The third-order valence-corrected chi connectivity index (χ3v) is 4.86. The van der Waals surface area contributed by atoms with E-state index in [-0.39, 0.29) is 17.3 Å². The van der Waals surface area contributed by atoms with Gasteiger partial charge in [0.2, 0.25) is 0 Å². The Labute approximate surface area is 171 Å². The first-order valence-electron chi connectivity index (χ1n) is 9.39. The van der Waals surface area contributed by atoms with E-state index in [0.29, 0.717) is 27.9 Å². The van der Waals surface area contributed by atoms with E-state index < -0.39 is 4.92 Å². The van der Waals surface area contributed by atoms with E-state index in [1.807, 2.05) is 31.2 Å². The van der Waals surface area contributed by atoms with E-state index in [9.17, 15) is 14.9 Å². The molecule has 1 N–H and O–H groups in total. The third-order valence-electron chi connectivity index (χ3n) is 4.86. The summed E-state index contributed by atoms with van der Waals surface area (Å²) in [6, 6.07) is 15.3. The number of amides is 1. The van der Waals surface area contributed by atoms with Crippen LogP contribution in [0.25, 0.3) is 22.4 Å². The van der Waals surface area contributed by atoms with Crippen molar-refractivity contribution in [2.45, 2.75) is 20.3 Å². The molecule has 0 aliphatic carbocycles. The number of benzene rings is 2. The fourth-order valence-corrected chi connectivity index (χ4v) is 3.34. The number of nitro benzene ring substituents is 1. The van der Waals surface area contributed by atoms with Gasteiger partial charge in [-0.25, -0.2) is 4.98 Å². The number of nitrogens with zero attached hydrogens (tertiary/aromatic N) is 3. The fraction of sp³-hybridized carbons (Fsp3) is 0.136. The Morgan fingerprint density at radius 1 is 1.17 bits per heavy atom. The van der Waals surface area contributed by atoms with Gasteiger partial charge in [-0.15, -0.1) is 0 Å². The predicted octanol–water partition coefficient (Wildman–Crippen LogP) is 4.92. The molecule has 0 aliphatic heterocycles. The maximum absolute atomic E-state index is 13.2. The Hall–Kier alpha value is -4.07. The highest BCUT2D eigenvalue weighted by Gasteiger charge is 2.20. The molecule has 0 saturated heterocycles. The molecule has 0 atom stereocenters. The van der Waals surface area contributed by atoms with Gasteiger partial charge in [-0.2, -0.15) is 0 Å². The number of fused-ring (bicyclic) bond motifs is 1. The minimum Gasteiger partial charge on any atom is -0.335 e. The number of hydrogen-bond acceptors (Lipinski definition) is 6. The highest BCUT2D eigenvalue weighted by molar-refractivity contribution is 6.13. The number of pyridine rings is 1. The van der Waals surface area contributed by atoms with Crippen molar-refractivity contribution >= 4 is 28.4 Å². The van der Waals surface area contributed by atoms with Crippen LogP contribution < -0.4 is 5.32 Å². The Kier molecular flexibility index (Phi) is 4.97. The quantitative estimate of drug-likeness (QED) is 0.375. The van der Waals surface area contributed by atoms with Crippen LogP contribution in [0.2, 0.25) is 0 Å². The van der Waals surface area contributed by atoms with Gasteiger partial charge in [-0.05, 0) is 31.0 Å². The second-order valence-corrected chi connectivity index (χ2v) is 6.78. The van der Waals surface area contributed by atoms with E-state index in [0.717, 1.165) is 17.7 Å². The molecule has 0 unspecified atom stereocenters. The lowest BCUT2D eigenvalue weighted by atomic mass is 10.0. The molecule has 0 bridgehead atoms. The Balaban J connectivity index is 1.83. The maximum atomic E-state index is 13.2. The number of para-hydroxylation sites is 1. The zero-order valence-corrected chi connectivity index (χ0v) is 16.4. The van der Waals surface area contributed by atoms with Crippen LogP contribution in [0.5, 0.6) is 0 Å². The van der Waals surface area contributed by atoms with Crippen molar-refractivity contribution in [3.8, 4) is 11.3 Å². The van der Waals surface area contributed by atoms with Gasteiger partial charge in [-0.1, -0.05) is 42.4 Å². The van der Waals surface area contributed by atoms with Crippen molar-refractivity contribution < 1.29 is 14.2 Å². The molecule has 1 amide bonds. The lowest BCUT2D eigenvalue weighted by molar-refractivity contribution is -0.384. The summed E-state index contributed by atoms with van der Waals surface area (Å²) in [6.07, 6.45) is 0.771. The number of nitrogens with one attached hydrogen (secondary N) is 1. The van der Waals surface area contributed by atoms with Gasteiger partial charge in [0.25, 0.3) is 17.3 Å². The van der Waals surface area contributed by atoms with Gasteiger partial charge in [0, 0.05) is 23.4 Å². The largest absolute Gasteiger partial charge is 0.335 e. The molecule has 4 rings (SSSR count). The van der Waals surface area contributed by atoms with Gasteiger partial charge in [0.15, 0.2) is 0 Å². The Morgan fingerprint density at radius 3 is 2.73 bits per heavy atom. The topological polar surface area (TPSA) is 111 Å². The van der Waals surface area contributed by atoms with Crippen molar-refractivity contribution in [3.05, 3.63) is 81.5 Å². The van der Waals surface area contributed by atoms with Crippen molar-refractivity contribution in [3.63, 3.8) is 0 Å². The Bertz CT molecular complexity index is 1280. The zero-order valence-electron chi connectivity index (χ0n) is 16.4. The summed E-state index contributed by atoms with van der Waals surface area (Å²) in [5, 5.41) is 18.5. The molecule has 2 heterocycles. The first kappa shape index (κ1) is 19.3. The van der Waals surface area contributed by atoms with Crippen LogP contribution in [0.1, 0.15) is 28.5 Å². The predicted molar refractivity (Wildman–Crippen MR) is 112 cm³/mol. The van der Waals surface area contributed by atoms with E-state index in [1.54, 1.807) is 25.1 Å². The standard InChI is InChI=1S/C22H18N4O4/c1-3-14-7-4-5-10-18(14)23-21(27)17-12-19(24-22-20(17)13(2)25-30-22)15-8-6-9-16(11-15)26(28)29/h4-12H,3H2,1-2H3,(H,23,27). The normalized spacial score (nSPS) is 10.9. The molecule has 0 fully saturated rings. The third kappa shape index (κ3) is 3.50. The number of rotatable bonds is 5. The van der Waals surface area contributed by atoms with E-state index in [4.69, 9.17) is 4.52 Å². The van der Waals surface area contributed by atoms with Crippen LogP contribution in [-0.2, 0) is 6.42 Å². The Morgan fingerprint density at radius 2 is 1.97 bits per heavy atom. The lowest BCUT2D eigenvalue weighted by Gasteiger charge is -2.11. The van der Waals surface area contributed by atoms with Crippen LogP contribution in [0.3, 0.4) is 0 Å². The van der Waals surface area contributed by atoms with Crippen LogP contribution in [0.4, 0.5) is 11.4 Å². The van der Waals surface area contributed by atoms with Gasteiger partial charge in [-0.3, -0.25) is 14.9 Å². The lowest BCUT2D eigenvalue weighted by Crippen LogP contribution is -2.14. The van der Waals surface area contributed by atoms with Crippen LogP contribution >= 0.6 is 0 Å². The van der Waals surface area contributed by atoms with Crippen LogP contribution in [0, 0.1) is 17.0 Å². The molecular weight excluding hydrogens is 384 g/mol. The highest BCUT2D eigenvalue weighted by Crippen LogP contribution is 2.29. The molecule has 8 nitrogen and oxygen atoms in total. The number of hydrogen-bond donors (Lipinski definition) is 1. The van der Waals surface area contributed by atoms with Gasteiger partial charge in [0.1, 0.15) is 0 Å². The number of aromatic nitrogens is 2. The molecule has 0 aliphatic rings. The van der Waals surface area contributed by atoms with Crippen LogP contribution in [0.15, 0.2) is 59.1 Å². The smallest absolute Gasteiger partial charge is 0.270 e. The molecule has 0 spiro atoms. The molecular formula is C22H18N4O4. The maximum Gasteiger partial charge on any atom is 0.270 e. The average Bonchev–Trinajstić information content (AvgIpc) is 3.14. The van der Waals surface area contributed by atoms with Gasteiger partial charge >= 0.3 is 0 Å². The van der Waals surface area contributed by atoms with E-state index in [2.05, 4.69) is 15.5 Å². The second-order valence-electron chi connectivity index (χ2n) is 6.78. The van der Waals surface area contributed by atoms with Crippen molar-refractivity contribution in [2.75, 3.05) is 5.32 Å². The van der Waals surface area contributed by atoms with Crippen LogP contribution in [-0.4, -0.2) is 21.0 Å². The van der Waals surface area contributed by atoms with Crippen molar-refractivity contribution in [1.82, 2.24) is 10.1 Å². The molecule has 0 saturated carbocycles. The molecule has 8 heteroatoms. The van der Waals surface area contributed by atoms with Gasteiger partial charge in [0.05, 0.1) is 27.3 Å². The molecule has 2 aromatic heterocycles. The monoisotopic (exact) mass is 402 g/mol. The fourth-order valence-electron chi connectivity index (χ4n) is 3.34. The number of nitro groups is 1. The molecule has 0 radical (unpaired) electrons. The summed E-state index contributed by atoms with van der Waals surface area (Å²) in [5.41, 5.74) is 3.64. The van der Waals surface area contributed by atoms with Crippen molar-refractivity contribution in [2.24, 2.45) is 0 Å². The highest BCUT2D eigenvalue weighted by atomic mass is 16.6. The van der Waals surface area contributed by atoms with Gasteiger partial charge < -0.3 is 9.84 Å². The molecule has 2 aromatic carbocycles. The zero-order chi connectivity index (χ0) is 21.3. The summed E-state index contributed by atoms with van der Waals surface area (Å²) in [5.74, 6) is -0.332. The van der Waals surface area contributed by atoms with E-state index in [1.165, 1.54) is 12.1 Å². The molecule has 4 aromatic rings. The summed E-state index contributed by atoms with van der Waals surface area (Å²) in [4.78, 5) is 28.3. The van der Waals surface area contributed by atoms with Crippen molar-refractivity contribution in [1.29, 1.82) is 0 Å². The number of carbonyl (C=O) groups is 1. The summed E-state index contributed by atoms with van der Waals surface area (Å²) < 4.78 is 5.30. The molecule has 30 heavy (non-hydrogen) atoms. The number of carbonyl (C=O) groups excluding carboxylic acids is 1. The number of anilines is 1. The second kappa shape index (κ2) is 7.75. The van der Waals surface area contributed by atoms with E-state index >= 15 is 0 Å². The first-order chi connectivity index (χ1) is 14.5.